The lowest BCUT2D eigenvalue weighted by molar-refractivity contribution is -0.141. The van der Waals surface area contributed by atoms with E-state index in [1.807, 2.05) is 18.2 Å². The number of benzene rings is 1. The number of ether oxygens (including phenoxy) is 2. The van der Waals surface area contributed by atoms with Gasteiger partial charge in [0.15, 0.2) is 0 Å². The number of carbonyl (C=O) groups excluding carboxylic acids is 4. The Kier molecular flexibility index (Phi) is 9.92. The average Bonchev–Trinajstić information content (AvgIpc) is 3.96. The number of nitrogens with zero attached hydrogens (tertiary/aromatic N) is 2. The Hall–Kier alpha value is -4.27. The molecule has 13 nitrogen and oxygen atoms in total. The van der Waals surface area contributed by atoms with Crippen LogP contribution in [0.4, 0.5) is 9.18 Å². The van der Waals surface area contributed by atoms with E-state index in [1.165, 1.54) is 11.0 Å². The number of carbonyl (C=O) groups is 4. The number of para-hydroxylation sites is 1. The van der Waals surface area contributed by atoms with Gasteiger partial charge in [0.1, 0.15) is 40.7 Å². The summed E-state index contributed by atoms with van der Waals surface area (Å²) in [4.78, 5) is 61.5. The molecule has 15 heteroatoms. The third-order valence-corrected chi connectivity index (χ3v) is 12.6. The van der Waals surface area contributed by atoms with Crippen LogP contribution in [0.5, 0.6) is 5.88 Å². The number of pyridine rings is 1. The van der Waals surface area contributed by atoms with Gasteiger partial charge in [0.25, 0.3) is 5.91 Å². The van der Waals surface area contributed by atoms with Gasteiger partial charge in [-0.2, -0.15) is 0 Å². The van der Waals surface area contributed by atoms with Crippen molar-refractivity contribution >= 4 is 44.7 Å². The first-order valence-corrected chi connectivity index (χ1v) is 20.3. The topological polar surface area (TPSA) is 173 Å². The molecule has 5 aliphatic rings. The van der Waals surface area contributed by atoms with Crippen LogP contribution in [-0.2, 0) is 42.0 Å². The SMILES string of the molecule is CC(C)(C)OC(=O)N[C@H]1CCCCC/C=C\[C@@H]2C[C@@]2(C(=O)NS(=O)(=O)C2CC2)NC(=O)[C@@H]2C[C@@H](Oc3nc4c(F)cccc4c4c3CCC4)CN2C1=O. The smallest absolute Gasteiger partial charge is 0.408 e. The molecule has 0 unspecified atom stereocenters. The summed E-state index contributed by atoms with van der Waals surface area (Å²) in [5.74, 6) is -2.63. The van der Waals surface area contributed by atoms with E-state index in [9.17, 15) is 27.6 Å². The molecule has 0 spiro atoms. The maximum Gasteiger partial charge on any atom is 0.408 e. The van der Waals surface area contributed by atoms with E-state index in [-0.39, 0.29) is 30.8 Å². The van der Waals surface area contributed by atoms with Gasteiger partial charge in [-0.15, -0.1) is 0 Å². The number of amides is 4. The van der Waals surface area contributed by atoms with Crippen molar-refractivity contribution in [3.63, 3.8) is 0 Å². The highest BCUT2D eigenvalue weighted by molar-refractivity contribution is 7.91. The van der Waals surface area contributed by atoms with E-state index in [0.29, 0.717) is 38.5 Å². The Bertz CT molecular complexity index is 1960. The van der Waals surface area contributed by atoms with Crippen LogP contribution in [0.25, 0.3) is 10.9 Å². The summed E-state index contributed by atoms with van der Waals surface area (Å²) in [6.07, 6.45) is 8.81. The highest BCUT2D eigenvalue weighted by Crippen LogP contribution is 2.46. The molecule has 1 saturated heterocycles. The molecule has 53 heavy (non-hydrogen) atoms. The maximum absolute atomic E-state index is 15.0. The summed E-state index contributed by atoms with van der Waals surface area (Å²) in [5, 5.41) is 5.69. The predicted molar refractivity (Wildman–Crippen MR) is 193 cm³/mol. The van der Waals surface area contributed by atoms with Crippen LogP contribution in [0.15, 0.2) is 30.4 Å². The van der Waals surface area contributed by atoms with Crippen LogP contribution in [0.3, 0.4) is 0 Å². The van der Waals surface area contributed by atoms with Crippen molar-refractivity contribution in [2.45, 2.75) is 132 Å². The summed E-state index contributed by atoms with van der Waals surface area (Å²) in [5.41, 5.74) is -0.310. The van der Waals surface area contributed by atoms with Crippen LogP contribution in [-0.4, -0.2) is 83.2 Å². The summed E-state index contributed by atoms with van der Waals surface area (Å²) in [7, 11) is -3.90. The number of hydrogen-bond donors (Lipinski definition) is 3. The van der Waals surface area contributed by atoms with Crippen molar-refractivity contribution in [3.8, 4) is 5.88 Å². The quantitative estimate of drug-likeness (QED) is 0.367. The van der Waals surface area contributed by atoms with E-state index in [1.54, 1.807) is 26.8 Å². The minimum atomic E-state index is -3.90. The number of aryl methyl sites for hydroxylation is 1. The van der Waals surface area contributed by atoms with Crippen molar-refractivity contribution in [2.75, 3.05) is 6.54 Å². The molecular weight excluding hydrogens is 706 g/mol. The molecular formula is C38H48FN5O8S. The zero-order valence-electron chi connectivity index (χ0n) is 30.4. The molecule has 3 fully saturated rings. The van der Waals surface area contributed by atoms with Gasteiger partial charge in [-0.25, -0.2) is 22.6 Å². The number of hydrogen-bond acceptors (Lipinski definition) is 9. The third-order valence-electron chi connectivity index (χ3n) is 10.8. The predicted octanol–water partition coefficient (Wildman–Crippen LogP) is 4.11. The molecule has 0 bridgehead atoms. The fourth-order valence-corrected chi connectivity index (χ4v) is 9.23. The van der Waals surface area contributed by atoms with Gasteiger partial charge < -0.3 is 25.0 Å². The van der Waals surface area contributed by atoms with Crippen molar-refractivity contribution < 1.29 is 41.5 Å². The van der Waals surface area contributed by atoms with Crippen LogP contribution in [0.1, 0.15) is 96.1 Å². The zero-order chi connectivity index (χ0) is 37.7. The number of rotatable bonds is 6. The van der Waals surface area contributed by atoms with Crippen molar-refractivity contribution in [1.29, 1.82) is 0 Å². The summed E-state index contributed by atoms with van der Waals surface area (Å²) < 4.78 is 54.8. The van der Waals surface area contributed by atoms with E-state index in [2.05, 4.69) is 20.3 Å². The van der Waals surface area contributed by atoms with Gasteiger partial charge in [-0.05, 0) is 90.2 Å². The van der Waals surface area contributed by atoms with Crippen molar-refractivity contribution in [3.05, 3.63) is 47.3 Å². The summed E-state index contributed by atoms with van der Waals surface area (Å²) in [6.45, 7) is 5.11. The highest BCUT2D eigenvalue weighted by atomic mass is 32.2. The highest BCUT2D eigenvalue weighted by Gasteiger charge is 2.62. The monoisotopic (exact) mass is 753 g/mol. The van der Waals surface area contributed by atoms with Gasteiger partial charge in [0.2, 0.25) is 27.7 Å². The van der Waals surface area contributed by atoms with Gasteiger partial charge in [0.05, 0.1) is 11.8 Å². The normalized spacial score (nSPS) is 28.4. The number of allylic oxidation sites excluding steroid dienone is 1. The molecule has 3 heterocycles. The second-order valence-corrected chi connectivity index (χ2v) is 18.0. The fraction of sp³-hybridized carbons (Fsp3) is 0.605. The fourth-order valence-electron chi connectivity index (χ4n) is 7.87. The molecule has 2 aliphatic heterocycles. The average molecular weight is 754 g/mol. The summed E-state index contributed by atoms with van der Waals surface area (Å²) in [6, 6.07) is 2.68. The first-order chi connectivity index (χ1) is 25.1. The zero-order valence-corrected chi connectivity index (χ0v) is 31.2. The van der Waals surface area contributed by atoms with E-state index in [0.717, 1.165) is 42.2 Å². The Balaban J connectivity index is 1.20. The number of halogens is 1. The number of fused-ring (bicyclic) bond motifs is 5. The Morgan fingerprint density at radius 1 is 1.06 bits per heavy atom. The molecule has 2 saturated carbocycles. The van der Waals surface area contributed by atoms with Gasteiger partial charge in [-0.1, -0.05) is 37.1 Å². The number of alkyl carbamates (subject to hydrolysis) is 1. The molecule has 2 aromatic rings. The Morgan fingerprint density at radius 3 is 2.58 bits per heavy atom. The van der Waals surface area contributed by atoms with E-state index >= 15 is 4.39 Å². The largest absolute Gasteiger partial charge is 0.472 e. The minimum Gasteiger partial charge on any atom is -0.472 e. The molecule has 1 aromatic carbocycles. The molecule has 1 aromatic heterocycles. The summed E-state index contributed by atoms with van der Waals surface area (Å²) >= 11 is 0. The van der Waals surface area contributed by atoms with Crippen LogP contribution in [0, 0.1) is 11.7 Å². The molecule has 4 amide bonds. The lowest BCUT2D eigenvalue weighted by Gasteiger charge is -2.30. The van der Waals surface area contributed by atoms with E-state index in [4.69, 9.17) is 9.47 Å². The van der Waals surface area contributed by atoms with Crippen LogP contribution < -0.4 is 20.1 Å². The van der Waals surface area contributed by atoms with E-state index < -0.39 is 80.2 Å². The number of nitrogens with one attached hydrogen (secondary N) is 3. The second kappa shape index (κ2) is 14.2. The van der Waals surface area contributed by atoms with Gasteiger partial charge in [-0.3, -0.25) is 19.1 Å². The van der Waals surface area contributed by atoms with Crippen molar-refractivity contribution in [1.82, 2.24) is 25.2 Å². The molecule has 286 valence electrons. The maximum atomic E-state index is 15.0. The Labute approximate surface area is 308 Å². The van der Waals surface area contributed by atoms with Crippen LogP contribution >= 0.6 is 0 Å². The lowest BCUT2D eigenvalue weighted by atomic mass is 10.0. The molecule has 5 atom stereocenters. The lowest BCUT2D eigenvalue weighted by Crippen LogP contribution is -2.58. The molecule has 3 aliphatic carbocycles. The minimum absolute atomic E-state index is 0.0150. The molecule has 7 rings (SSSR count). The third kappa shape index (κ3) is 7.85. The first kappa shape index (κ1) is 37.1. The number of aromatic nitrogens is 1. The Morgan fingerprint density at radius 2 is 1.83 bits per heavy atom. The molecule has 0 radical (unpaired) electrons. The second-order valence-electron chi connectivity index (χ2n) is 16.1. The van der Waals surface area contributed by atoms with Gasteiger partial charge in [0, 0.05) is 23.3 Å². The number of sulfonamides is 1. The standard InChI is InChI=1S/C38H48FN5O8S/c1-37(2,3)52-36(48)40-29-16-8-6-4-5-7-11-22-20-38(22,35(47)43-53(49,50)24-17-18-24)42-32(45)30-19-23(21-44(30)34(29)46)51-33-27-14-9-12-25(27)26-13-10-15-28(39)31(26)41-33/h7,10-11,13,15,22-24,29-30H,4-6,8-9,12,14,16-21H2,1-3H3,(H,40,48)(H,42,45)(H,43,47)/b11-7-/t22-,23-,29+,30+,38-/m1/s1. The van der Waals surface area contributed by atoms with Crippen LogP contribution in [0.2, 0.25) is 0 Å². The first-order valence-electron chi connectivity index (χ1n) is 18.8. The van der Waals surface area contributed by atoms with Gasteiger partial charge >= 0.3 is 6.09 Å². The van der Waals surface area contributed by atoms with Crippen molar-refractivity contribution in [2.24, 2.45) is 5.92 Å². The molecule has 3 N–H and O–H groups in total.